The van der Waals surface area contributed by atoms with Gasteiger partial charge in [0.15, 0.2) is 23.1 Å². The molecule has 0 aromatic heterocycles. The number of Topliss-reactive ketones (excluding diaryl/α,β-unsaturated/α-hetero) is 4. The molecule has 0 radical (unpaired) electrons. The second-order valence-corrected chi connectivity index (χ2v) is 9.42. The minimum Gasteiger partial charge on any atom is -0.293 e. The van der Waals surface area contributed by atoms with Crippen molar-refractivity contribution in [2.75, 3.05) is 0 Å². The first-order valence-corrected chi connectivity index (χ1v) is 12.4. The summed E-state index contributed by atoms with van der Waals surface area (Å²) in [6.45, 7) is 0. The first kappa shape index (κ1) is 26.2. The topological polar surface area (TPSA) is 68.3 Å². The second-order valence-electron chi connectivity index (χ2n) is 8.55. The van der Waals surface area contributed by atoms with Gasteiger partial charge in [0.1, 0.15) is 0 Å². The van der Waals surface area contributed by atoms with Crippen LogP contribution in [0.3, 0.4) is 0 Å². The fourth-order valence-electron chi connectivity index (χ4n) is 4.20. The molecular weight excluding hydrogens is 507 g/mol. The van der Waals surface area contributed by atoms with E-state index in [1.807, 2.05) is 0 Å². The van der Waals surface area contributed by atoms with E-state index in [2.05, 4.69) is 0 Å². The molecule has 0 bridgehead atoms. The van der Waals surface area contributed by atoms with Crippen LogP contribution in [0.1, 0.15) is 47.9 Å². The van der Waals surface area contributed by atoms with Crippen LogP contribution in [0.5, 0.6) is 0 Å². The van der Waals surface area contributed by atoms with Crippen LogP contribution in [-0.2, 0) is 0 Å². The second kappa shape index (κ2) is 11.9. The average molecular weight is 529 g/mol. The molecule has 2 atom stereocenters. The molecule has 0 aliphatic rings. The van der Waals surface area contributed by atoms with Crippen molar-refractivity contribution in [1.29, 1.82) is 0 Å². The van der Waals surface area contributed by atoms with Gasteiger partial charge < -0.3 is 0 Å². The molecule has 0 heterocycles. The third-order valence-electron chi connectivity index (χ3n) is 6.07. The molecule has 184 valence electrons. The van der Waals surface area contributed by atoms with Gasteiger partial charge in [-0.2, -0.15) is 0 Å². The normalized spacial score (nSPS) is 12.4. The van der Waals surface area contributed by atoms with Crippen molar-refractivity contribution in [2.24, 2.45) is 11.8 Å². The van der Waals surface area contributed by atoms with E-state index in [9.17, 15) is 19.2 Å². The van der Waals surface area contributed by atoms with Gasteiger partial charge >= 0.3 is 0 Å². The Balaban J connectivity index is 1.79. The van der Waals surface area contributed by atoms with E-state index >= 15 is 0 Å². The van der Waals surface area contributed by atoms with Crippen LogP contribution in [0.4, 0.5) is 0 Å². The lowest BCUT2D eigenvalue weighted by molar-refractivity contribution is 0.0728. The number of carbonyl (C=O) groups is 4. The van der Waals surface area contributed by atoms with E-state index in [4.69, 9.17) is 23.2 Å². The first-order valence-electron chi connectivity index (χ1n) is 11.6. The lowest BCUT2D eigenvalue weighted by Gasteiger charge is -2.21. The summed E-state index contributed by atoms with van der Waals surface area (Å²) in [7, 11) is 0. The Morgan fingerprint density at radius 2 is 0.784 bits per heavy atom. The first-order chi connectivity index (χ1) is 17.8. The molecule has 4 aromatic carbocycles. The maximum atomic E-state index is 13.7. The Bertz CT molecular complexity index is 1340. The van der Waals surface area contributed by atoms with Gasteiger partial charge in [-0.05, 0) is 30.7 Å². The van der Waals surface area contributed by atoms with Crippen molar-refractivity contribution in [3.63, 3.8) is 0 Å². The van der Waals surface area contributed by atoms with Crippen LogP contribution in [0.15, 0.2) is 109 Å². The standard InChI is InChI=1S/C31H22Cl2O4/c32-24-15-7-13-22(17-24)30(36)26(28(34)20-9-3-1-4-10-20)19-27(29(35)21-11-5-2-6-12-21)31(37)23-14-8-16-25(33)18-23/h1-18,26-27H,19H2. The molecule has 0 aliphatic carbocycles. The average Bonchev–Trinajstić information content (AvgIpc) is 2.93. The van der Waals surface area contributed by atoms with Crippen molar-refractivity contribution in [2.45, 2.75) is 6.42 Å². The highest BCUT2D eigenvalue weighted by Crippen LogP contribution is 2.29. The van der Waals surface area contributed by atoms with Crippen molar-refractivity contribution < 1.29 is 19.2 Å². The molecule has 2 unspecified atom stereocenters. The highest BCUT2D eigenvalue weighted by Gasteiger charge is 2.37. The third kappa shape index (κ3) is 6.29. The minimum atomic E-state index is -1.29. The van der Waals surface area contributed by atoms with E-state index < -0.39 is 35.0 Å². The fourth-order valence-corrected chi connectivity index (χ4v) is 4.58. The number of hydrogen-bond acceptors (Lipinski definition) is 4. The summed E-state index contributed by atoms with van der Waals surface area (Å²) in [4.78, 5) is 54.7. The van der Waals surface area contributed by atoms with Crippen LogP contribution in [0.25, 0.3) is 0 Å². The Labute approximate surface area is 224 Å². The van der Waals surface area contributed by atoms with E-state index in [1.54, 1.807) is 97.1 Å². The van der Waals surface area contributed by atoms with Gasteiger partial charge in [0.2, 0.25) is 0 Å². The predicted molar refractivity (Wildman–Crippen MR) is 145 cm³/mol. The molecule has 37 heavy (non-hydrogen) atoms. The van der Waals surface area contributed by atoms with Crippen molar-refractivity contribution in [3.05, 3.63) is 141 Å². The van der Waals surface area contributed by atoms with Gasteiger partial charge in [-0.25, -0.2) is 0 Å². The van der Waals surface area contributed by atoms with E-state index in [0.29, 0.717) is 21.2 Å². The van der Waals surface area contributed by atoms with Crippen LogP contribution < -0.4 is 0 Å². The molecule has 0 amide bonds. The summed E-state index contributed by atoms with van der Waals surface area (Å²) >= 11 is 12.2. The Kier molecular flexibility index (Phi) is 8.44. The predicted octanol–water partition coefficient (Wildman–Crippen LogP) is 7.45. The Morgan fingerprint density at radius 3 is 1.14 bits per heavy atom. The highest BCUT2D eigenvalue weighted by molar-refractivity contribution is 6.31. The number of ketones is 4. The van der Waals surface area contributed by atoms with Gasteiger partial charge in [0, 0.05) is 32.3 Å². The van der Waals surface area contributed by atoms with Crippen LogP contribution in [-0.4, -0.2) is 23.1 Å². The lowest BCUT2D eigenvalue weighted by Crippen LogP contribution is -2.33. The maximum absolute atomic E-state index is 13.7. The van der Waals surface area contributed by atoms with E-state index in [0.717, 1.165) is 0 Å². The van der Waals surface area contributed by atoms with Crippen LogP contribution in [0, 0.1) is 11.8 Å². The number of carbonyl (C=O) groups excluding carboxylic acids is 4. The molecule has 0 fully saturated rings. The summed E-state index contributed by atoms with van der Waals surface area (Å²) in [6.07, 6.45) is -0.307. The van der Waals surface area contributed by atoms with Gasteiger partial charge in [-0.15, -0.1) is 0 Å². The minimum absolute atomic E-state index is 0.225. The molecule has 6 heteroatoms. The number of rotatable bonds is 10. The molecule has 0 aliphatic heterocycles. The third-order valence-corrected chi connectivity index (χ3v) is 6.54. The van der Waals surface area contributed by atoms with Crippen LogP contribution in [0.2, 0.25) is 10.0 Å². The molecular formula is C31H22Cl2O4. The SMILES string of the molecule is O=C(c1ccccc1)C(CC(C(=O)c1ccccc1)C(=O)c1cccc(Cl)c1)C(=O)c1cccc(Cl)c1. The molecule has 4 rings (SSSR count). The molecule has 4 aromatic rings. The summed E-state index contributed by atoms with van der Waals surface area (Å²) in [6, 6.07) is 29.2. The van der Waals surface area contributed by atoms with Gasteiger partial charge in [-0.3, -0.25) is 19.2 Å². The molecule has 0 saturated heterocycles. The smallest absolute Gasteiger partial charge is 0.173 e. The zero-order chi connectivity index (χ0) is 26.4. The fraction of sp³-hybridized carbons (Fsp3) is 0.0968. The largest absolute Gasteiger partial charge is 0.293 e. The lowest BCUT2D eigenvalue weighted by atomic mass is 9.78. The number of benzene rings is 4. The summed E-state index contributed by atoms with van der Waals surface area (Å²) < 4.78 is 0. The van der Waals surface area contributed by atoms with Crippen molar-refractivity contribution >= 4 is 46.3 Å². The molecule has 0 saturated carbocycles. The van der Waals surface area contributed by atoms with Crippen molar-refractivity contribution in [3.8, 4) is 0 Å². The monoisotopic (exact) mass is 528 g/mol. The zero-order valence-corrected chi connectivity index (χ0v) is 21.2. The van der Waals surface area contributed by atoms with Gasteiger partial charge in [0.25, 0.3) is 0 Å². The van der Waals surface area contributed by atoms with E-state index in [-0.39, 0.29) is 17.5 Å². The summed E-state index contributed by atoms with van der Waals surface area (Å²) in [5.74, 6) is -4.56. The van der Waals surface area contributed by atoms with E-state index in [1.165, 1.54) is 12.1 Å². The number of hydrogen-bond donors (Lipinski definition) is 0. The van der Waals surface area contributed by atoms with Gasteiger partial charge in [-0.1, -0.05) is 108 Å². The summed E-state index contributed by atoms with van der Waals surface area (Å²) in [5, 5.41) is 0.673. The molecule has 0 spiro atoms. The summed E-state index contributed by atoms with van der Waals surface area (Å²) in [5.41, 5.74) is 1.07. The Morgan fingerprint density at radius 1 is 0.459 bits per heavy atom. The molecule has 4 nitrogen and oxygen atoms in total. The Hall–Kier alpha value is -3.86. The zero-order valence-electron chi connectivity index (χ0n) is 19.6. The highest BCUT2D eigenvalue weighted by atomic mass is 35.5. The number of halogens is 2. The quantitative estimate of drug-likeness (QED) is 0.158. The maximum Gasteiger partial charge on any atom is 0.173 e. The van der Waals surface area contributed by atoms with Crippen LogP contribution >= 0.6 is 23.2 Å². The van der Waals surface area contributed by atoms with Gasteiger partial charge in [0.05, 0.1) is 11.8 Å². The van der Waals surface area contributed by atoms with Crippen molar-refractivity contribution in [1.82, 2.24) is 0 Å². The molecule has 0 N–H and O–H groups in total.